The molecular weight excluding hydrogens is 424 g/mol. The number of carbonyl (C=O) groups is 1. The highest BCUT2D eigenvalue weighted by Crippen LogP contribution is 2.67. The molecule has 1 amide bonds. The van der Waals surface area contributed by atoms with E-state index in [1.807, 2.05) is 6.92 Å². The molecule has 0 unspecified atom stereocenters. The number of benzene rings is 1. The van der Waals surface area contributed by atoms with Crippen molar-refractivity contribution in [1.82, 2.24) is 25.1 Å². The van der Waals surface area contributed by atoms with Crippen molar-refractivity contribution in [3.63, 3.8) is 0 Å². The van der Waals surface area contributed by atoms with E-state index in [1.54, 1.807) is 29.4 Å². The first-order chi connectivity index (χ1) is 15.8. The highest BCUT2D eigenvalue weighted by atomic mass is 19.1. The maximum Gasteiger partial charge on any atom is 0.291 e. The number of rotatable bonds is 5. The Bertz CT molecular complexity index is 1210. The number of hydrogen-bond acceptors (Lipinski definition) is 5. The molecule has 33 heavy (non-hydrogen) atoms. The molecule has 0 spiro atoms. The largest absolute Gasteiger partial charge is 0.335 e. The average molecular weight is 450 g/mol. The number of carbonyl (C=O) groups excluding carboxylic acids is 1. The van der Waals surface area contributed by atoms with Crippen LogP contribution in [-0.2, 0) is 5.41 Å². The fraction of sp³-hybridized carbons (Fsp3) is 0.400. The number of likely N-dealkylation sites (N-methyl/N-ethyl adjacent to an activating group) is 1. The first-order valence-corrected chi connectivity index (χ1v) is 11.2. The van der Waals surface area contributed by atoms with Crippen LogP contribution in [0.15, 0.2) is 42.7 Å². The van der Waals surface area contributed by atoms with Crippen LogP contribution < -0.4 is 0 Å². The number of hydrogen-bond donors (Lipinski definition) is 0. The zero-order valence-electron chi connectivity index (χ0n) is 18.8. The Labute approximate surface area is 191 Å². The monoisotopic (exact) mass is 449 g/mol. The Balaban J connectivity index is 1.56. The van der Waals surface area contributed by atoms with E-state index in [0.29, 0.717) is 13.1 Å². The second-order valence-electron chi connectivity index (χ2n) is 9.42. The van der Waals surface area contributed by atoms with Gasteiger partial charge in [0.2, 0.25) is 5.82 Å². The summed E-state index contributed by atoms with van der Waals surface area (Å²) in [5.41, 5.74) is 1.22. The number of halogens is 2. The van der Waals surface area contributed by atoms with Crippen molar-refractivity contribution < 1.29 is 13.6 Å². The maximum absolute atomic E-state index is 14.4. The van der Waals surface area contributed by atoms with Gasteiger partial charge in [-0.15, -0.1) is 0 Å². The minimum Gasteiger partial charge on any atom is -0.335 e. The molecular formula is C25H25F2N5O. The number of aromatic nitrogens is 4. The quantitative estimate of drug-likeness (QED) is 0.572. The minimum atomic E-state index is -0.660. The van der Waals surface area contributed by atoms with E-state index >= 15 is 0 Å². The van der Waals surface area contributed by atoms with Gasteiger partial charge < -0.3 is 4.90 Å². The highest BCUT2D eigenvalue weighted by molar-refractivity contribution is 5.90. The summed E-state index contributed by atoms with van der Waals surface area (Å²) in [6, 6.07) is 7.25. The van der Waals surface area contributed by atoms with Crippen molar-refractivity contribution in [3.8, 4) is 11.3 Å². The molecule has 0 N–H and O–H groups in total. The van der Waals surface area contributed by atoms with Gasteiger partial charge in [0.15, 0.2) is 0 Å². The van der Waals surface area contributed by atoms with Crippen LogP contribution in [0, 0.1) is 17.0 Å². The van der Waals surface area contributed by atoms with Gasteiger partial charge in [0.05, 0.1) is 17.0 Å². The Morgan fingerprint density at radius 2 is 1.82 bits per heavy atom. The summed E-state index contributed by atoms with van der Waals surface area (Å²) in [5.74, 6) is -1.21. The molecule has 0 radical (unpaired) electrons. The molecule has 2 aliphatic carbocycles. The van der Waals surface area contributed by atoms with Crippen molar-refractivity contribution in [2.24, 2.45) is 5.41 Å². The molecule has 0 saturated heterocycles. The first-order valence-electron chi connectivity index (χ1n) is 11.2. The fourth-order valence-electron chi connectivity index (χ4n) is 5.85. The van der Waals surface area contributed by atoms with Gasteiger partial charge in [-0.05, 0) is 60.9 Å². The van der Waals surface area contributed by atoms with Crippen LogP contribution in [0.3, 0.4) is 0 Å². The molecule has 5 rings (SSSR count). The van der Waals surface area contributed by atoms with E-state index < -0.39 is 17.0 Å². The molecule has 8 heteroatoms. The smallest absolute Gasteiger partial charge is 0.291 e. The minimum absolute atomic E-state index is 0.158. The fourth-order valence-corrected chi connectivity index (χ4v) is 5.85. The lowest BCUT2D eigenvalue weighted by Gasteiger charge is -2.41. The van der Waals surface area contributed by atoms with E-state index in [0.717, 1.165) is 24.1 Å². The Morgan fingerprint density at radius 1 is 1.12 bits per heavy atom. The van der Waals surface area contributed by atoms with E-state index in [1.165, 1.54) is 18.2 Å². The Hall–Kier alpha value is -3.29. The average Bonchev–Trinajstić information content (AvgIpc) is 3.17. The summed E-state index contributed by atoms with van der Waals surface area (Å²) in [6.07, 6.45) is 4.89. The molecule has 170 valence electrons. The molecule has 1 saturated carbocycles. The van der Waals surface area contributed by atoms with Crippen molar-refractivity contribution >= 4 is 5.91 Å². The number of fused-ring (bicyclic) bond motifs is 5. The summed E-state index contributed by atoms with van der Waals surface area (Å²) in [6.45, 7) is 7.27. The normalized spacial score (nSPS) is 22.3. The van der Waals surface area contributed by atoms with Gasteiger partial charge in [-0.25, -0.2) is 18.7 Å². The second-order valence-corrected chi connectivity index (χ2v) is 9.42. The zero-order valence-corrected chi connectivity index (χ0v) is 18.8. The van der Waals surface area contributed by atoms with Gasteiger partial charge in [-0.2, -0.15) is 10.2 Å². The van der Waals surface area contributed by atoms with Gasteiger partial charge in [-0.1, -0.05) is 19.9 Å². The number of nitrogens with zero attached hydrogens (tertiary/aromatic N) is 5. The molecule has 1 fully saturated rings. The predicted molar refractivity (Wildman–Crippen MR) is 118 cm³/mol. The topological polar surface area (TPSA) is 71.9 Å². The third-order valence-electron chi connectivity index (χ3n) is 7.72. The van der Waals surface area contributed by atoms with Crippen LogP contribution in [0.25, 0.3) is 11.3 Å². The summed E-state index contributed by atoms with van der Waals surface area (Å²) in [4.78, 5) is 23.2. The summed E-state index contributed by atoms with van der Waals surface area (Å²) in [7, 11) is 0. The van der Waals surface area contributed by atoms with Crippen LogP contribution in [0.1, 0.15) is 61.4 Å². The summed E-state index contributed by atoms with van der Waals surface area (Å²) >= 11 is 0. The van der Waals surface area contributed by atoms with Gasteiger partial charge >= 0.3 is 0 Å². The third-order valence-corrected chi connectivity index (χ3v) is 7.72. The molecule has 0 aliphatic heterocycles. The molecule has 2 aliphatic rings. The molecule has 1 aromatic carbocycles. The van der Waals surface area contributed by atoms with Gasteiger partial charge in [-0.3, -0.25) is 4.79 Å². The van der Waals surface area contributed by atoms with Gasteiger partial charge in [0.1, 0.15) is 11.6 Å². The van der Waals surface area contributed by atoms with Crippen LogP contribution >= 0.6 is 0 Å². The second kappa shape index (κ2) is 7.64. The number of amides is 1. The lowest BCUT2D eigenvalue weighted by atomic mass is 9.68. The van der Waals surface area contributed by atoms with E-state index in [2.05, 4.69) is 34.0 Å². The summed E-state index contributed by atoms with van der Waals surface area (Å²) < 4.78 is 28.8. The van der Waals surface area contributed by atoms with Gasteiger partial charge in [0.25, 0.3) is 5.91 Å². The molecule has 2 aromatic heterocycles. The standard InChI is InChI=1S/C25H25F2N5O/c1-4-32(23(33)22-28-11-6-12-29-22)14-25-10-9-16(24(25,2)3)15-13-19(30-31-21(15)25)20-17(26)7-5-8-18(20)27/h5-8,11-13,16H,4,9-10,14H2,1-3H3/t16-,25-/m0/s1. The van der Waals surface area contributed by atoms with Crippen LogP contribution in [-0.4, -0.2) is 44.1 Å². The van der Waals surface area contributed by atoms with Crippen molar-refractivity contribution in [2.75, 3.05) is 13.1 Å². The molecule has 6 nitrogen and oxygen atoms in total. The van der Waals surface area contributed by atoms with Crippen LogP contribution in [0.2, 0.25) is 0 Å². The SMILES string of the molecule is CCN(C[C@@]12CC[C@@H](c3cc(-c4c(F)cccc4F)nnc31)C2(C)C)C(=O)c1ncccn1. The zero-order chi connectivity index (χ0) is 23.4. The van der Waals surface area contributed by atoms with Crippen molar-refractivity contribution in [1.29, 1.82) is 0 Å². The summed E-state index contributed by atoms with van der Waals surface area (Å²) in [5, 5.41) is 8.78. The third kappa shape index (κ3) is 3.07. The lowest BCUT2D eigenvalue weighted by molar-refractivity contribution is 0.0640. The molecule has 2 atom stereocenters. The first kappa shape index (κ1) is 21.6. The van der Waals surface area contributed by atoms with Crippen molar-refractivity contribution in [3.05, 3.63) is 71.4 Å². The lowest BCUT2D eigenvalue weighted by Crippen LogP contribution is -2.48. The molecule has 2 heterocycles. The Morgan fingerprint density at radius 3 is 2.48 bits per heavy atom. The van der Waals surface area contributed by atoms with Crippen molar-refractivity contribution in [2.45, 2.75) is 44.9 Å². The maximum atomic E-state index is 14.4. The molecule has 2 bridgehead atoms. The van der Waals surface area contributed by atoms with Crippen LogP contribution in [0.5, 0.6) is 0 Å². The van der Waals surface area contributed by atoms with Gasteiger partial charge in [0, 0.05) is 30.9 Å². The predicted octanol–water partition coefficient (Wildman–Crippen LogP) is 4.53. The van der Waals surface area contributed by atoms with E-state index in [9.17, 15) is 13.6 Å². The highest BCUT2D eigenvalue weighted by Gasteiger charge is 2.64. The van der Waals surface area contributed by atoms with E-state index in [-0.39, 0.29) is 34.3 Å². The van der Waals surface area contributed by atoms with Crippen LogP contribution in [0.4, 0.5) is 8.78 Å². The van der Waals surface area contributed by atoms with E-state index in [4.69, 9.17) is 0 Å². The Kier molecular flexibility index (Phi) is 4.99. The molecule has 3 aromatic rings.